The number of rotatable bonds is 0. The Morgan fingerprint density at radius 2 is 2.07 bits per heavy atom. The lowest BCUT2D eigenvalue weighted by molar-refractivity contribution is -0.0115. The Hall–Kier alpha value is -0.550. The predicted octanol–water partition coefficient (Wildman–Crippen LogP) is 2.78. The van der Waals surface area contributed by atoms with Crippen LogP contribution in [0.5, 0.6) is 0 Å². The monoisotopic (exact) mass is 265 g/mol. The molecule has 1 nitrogen and oxygen atoms in total. The van der Waals surface area contributed by atoms with Crippen molar-refractivity contribution in [2.45, 2.75) is 12.5 Å². The molecule has 1 aliphatic heterocycles. The van der Waals surface area contributed by atoms with Crippen LogP contribution in [-0.2, 0) is 12.5 Å². The third-order valence-corrected chi connectivity index (χ3v) is 2.66. The van der Waals surface area contributed by atoms with Gasteiger partial charge < -0.3 is 5.32 Å². The summed E-state index contributed by atoms with van der Waals surface area (Å²) in [7, 11) is 0. The summed E-state index contributed by atoms with van der Waals surface area (Å²) in [5.74, 6) is -3.58. The lowest BCUT2D eigenvalue weighted by Gasteiger charge is -2.26. The predicted molar refractivity (Wildman–Crippen MR) is 49.7 cm³/mol. The molecule has 1 aliphatic rings. The first-order valence-electron chi connectivity index (χ1n) is 4.07. The molecule has 1 N–H and O–H groups in total. The minimum absolute atomic E-state index is 0.0597. The number of hydrogen-bond donors (Lipinski definition) is 1. The molecule has 0 aliphatic carbocycles. The molecule has 0 fully saturated rings. The van der Waals surface area contributed by atoms with E-state index in [1.165, 1.54) is 12.1 Å². The molecule has 0 atom stereocenters. The zero-order valence-electron chi connectivity index (χ0n) is 7.08. The van der Waals surface area contributed by atoms with Crippen molar-refractivity contribution in [3.63, 3.8) is 0 Å². The van der Waals surface area contributed by atoms with Crippen LogP contribution >= 0.6 is 15.9 Å². The maximum atomic E-state index is 13.3. The highest BCUT2D eigenvalue weighted by molar-refractivity contribution is 9.10. The fourth-order valence-electron chi connectivity index (χ4n) is 1.55. The lowest BCUT2D eigenvalue weighted by Crippen LogP contribution is -2.37. The second kappa shape index (κ2) is 3.24. The van der Waals surface area contributed by atoms with E-state index in [0.29, 0.717) is 4.47 Å². The van der Waals surface area contributed by atoms with Crippen molar-refractivity contribution in [2.24, 2.45) is 0 Å². The molecule has 0 amide bonds. The minimum atomic E-state index is -2.99. The van der Waals surface area contributed by atoms with Gasteiger partial charge in [0, 0.05) is 22.1 Å². The first kappa shape index (κ1) is 9.98. The molecule has 1 aromatic rings. The standard InChI is InChI=1S/C9H7BrF3N/c10-5-1-7-6(8(11)2-5)3-14-4-9(7,12)13/h1-2,14H,3-4H2. The van der Waals surface area contributed by atoms with Gasteiger partial charge in [0.2, 0.25) is 0 Å². The molecule has 0 saturated carbocycles. The molecule has 0 aromatic heterocycles. The smallest absolute Gasteiger partial charge is 0.285 e. The Bertz CT molecular complexity index is 379. The van der Waals surface area contributed by atoms with Gasteiger partial charge in [-0.3, -0.25) is 0 Å². The van der Waals surface area contributed by atoms with Crippen molar-refractivity contribution in [2.75, 3.05) is 6.54 Å². The fourth-order valence-corrected chi connectivity index (χ4v) is 1.98. The van der Waals surface area contributed by atoms with E-state index in [1.807, 2.05) is 0 Å². The molecule has 1 aromatic carbocycles. The van der Waals surface area contributed by atoms with E-state index in [0.717, 1.165) is 0 Å². The molecular formula is C9H7BrF3N. The molecular weight excluding hydrogens is 259 g/mol. The Kier molecular flexibility index (Phi) is 2.31. The summed E-state index contributed by atoms with van der Waals surface area (Å²) in [6.45, 7) is -0.278. The molecule has 0 saturated heterocycles. The number of hydrogen-bond acceptors (Lipinski definition) is 1. The first-order chi connectivity index (χ1) is 6.50. The molecule has 5 heteroatoms. The summed E-state index contributed by atoms with van der Waals surface area (Å²) >= 11 is 3.00. The van der Waals surface area contributed by atoms with Crippen molar-refractivity contribution in [3.8, 4) is 0 Å². The van der Waals surface area contributed by atoms with E-state index >= 15 is 0 Å². The molecule has 76 valence electrons. The van der Waals surface area contributed by atoms with Gasteiger partial charge in [-0.25, -0.2) is 4.39 Å². The zero-order chi connectivity index (χ0) is 10.3. The molecule has 0 radical (unpaired) electrons. The second-order valence-electron chi connectivity index (χ2n) is 3.22. The summed E-state index contributed by atoms with van der Waals surface area (Å²) < 4.78 is 40.2. The summed E-state index contributed by atoms with van der Waals surface area (Å²) in [5, 5.41) is 2.49. The lowest BCUT2D eigenvalue weighted by atomic mass is 9.97. The van der Waals surface area contributed by atoms with Crippen LogP contribution in [-0.4, -0.2) is 6.54 Å². The Labute approximate surface area is 87.4 Å². The van der Waals surface area contributed by atoms with E-state index in [9.17, 15) is 13.2 Å². The van der Waals surface area contributed by atoms with Gasteiger partial charge in [-0.05, 0) is 12.1 Å². The van der Waals surface area contributed by atoms with Crippen molar-refractivity contribution >= 4 is 15.9 Å². The average Bonchev–Trinajstić information content (AvgIpc) is 2.06. The van der Waals surface area contributed by atoms with Gasteiger partial charge in [-0.15, -0.1) is 0 Å². The van der Waals surface area contributed by atoms with Crippen LogP contribution in [0.15, 0.2) is 16.6 Å². The van der Waals surface area contributed by atoms with Crippen LogP contribution in [0.1, 0.15) is 11.1 Å². The summed E-state index contributed by atoms with van der Waals surface area (Å²) in [6, 6.07) is 2.47. The van der Waals surface area contributed by atoms with Gasteiger partial charge in [0.15, 0.2) is 0 Å². The van der Waals surface area contributed by atoms with Crippen molar-refractivity contribution in [1.82, 2.24) is 5.32 Å². The van der Waals surface area contributed by atoms with Crippen molar-refractivity contribution in [1.29, 1.82) is 0 Å². The number of fused-ring (bicyclic) bond motifs is 1. The molecule has 0 unspecified atom stereocenters. The van der Waals surface area contributed by atoms with Crippen LogP contribution in [0.3, 0.4) is 0 Å². The van der Waals surface area contributed by atoms with Crippen LogP contribution in [0.2, 0.25) is 0 Å². The number of halogens is 4. The van der Waals surface area contributed by atoms with E-state index < -0.39 is 18.3 Å². The van der Waals surface area contributed by atoms with Crippen LogP contribution in [0.4, 0.5) is 13.2 Å². The Balaban J connectivity index is 2.63. The van der Waals surface area contributed by atoms with E-state index in [4.69, 9.17) is 0 Å². The molecule has 2 rings (SSSR count). The minimum Gasteiger partial charge on any atom is -0.307 e. The highest BCUT2D eigenvalue weighted by atomic mass is 79.9. The van der Waals surface area contributed by atoms with Gasteiger partial charge in [0.1, 0.15) is 5.82 Å². The SMILES string of the molecule is Fc1cc(Br)cc2c1CNCC2(F)F. The number of benzene rings is 1. The van der Waals surface area contributed by atoms with Crippen molar-refractivity contribution in [3.05, 3.63) is 33.5 Å². The largest absolute Gasteiger partial charge is 0.307 e. The summed E-state index contributed by atoms with van der Waals surface area (Å²) in [4.78, 5) is 0. The first-order valence-corrected chi connectivity index (χ1v) is 4.87. The van der Waals surface area contributed by atoms with E-state index in [1.54, 1.807) is 0 Å². The Morgan fingerprint density at radius 3 is 2.79 bits per heavy atom. The molecule has 0 bridgehead atoms. The third kappa shape index (κ3) is 1.54. The highest BCUT2D eigenvalue weighted by Gasteiger charge is 2.38. The number of alkyl halides is 2. The maximum absolute atomic E-state index is 13.3. The van der Waals surface area contributed by atoms with Crippen molar-refractivity contribution < 1.29 is 13.2 Å². The van der Waals surface area contributed by atoms with Gasteiger partial charge in [0.25, 0.3) is 5.92 Å². The highest BCUT2D eigenvalue weighted by Crippen LogP contribution is 2.36. The van der Waals surface area contributed by atoms with E-state index in [2.05, 4.69) is 21.2 Å². The number of nitrogens with one attached hydrogen (secondary N) is 1. The van der Waals surface area contributed by atoms with Crippen LogP contribution in [0.25, 0.3) is 0 Å². The molecule has 1 heterocycles. The fraction of sp³-hybridized carbons (Fsp3) is 0.333. The van der Waals surface area contributed by atoms with Gasteiger partial charge in [-0.1, -0.05) is 15.9 Å². The normalized spacial score (nSPS) is 19.1. The van der Waals surface area contributed by atoms with Gasteiger partial charge in [0.05, 0.1) is 6.54 Å². The van der Waals surface area contributed by atoms with E-state index in [-0.39, 0.29) is 17.7 Å². The van der Waals surface area contributed by atoms with Gasteiger partial charge >= 0.3 is 0 Å². The topological polar surface area (TPSA) is 12.0 Å². The molecule has 0 spiro atoms. The summed E-state index contributed by atoms with van der Waals surface area (Å²) in [6.07, 6.45) is 0. The summed E-state index contributed by atoms with van der Waals surface area (Å²) in [5.41, 5.74) is -0.160. The quantitative estimate of drug-likeness (QED) is 0.761. The molecule has 14 heavy (non-hydrogen) atoms. The second-order valence-corrected chi connectivity index (χ2v) is 4.14. The Morgan fingerprint density at radius 1 is 1.36 bits per heavy atom. The van der Waals surface area contributed by atoms with Crippen LogP contribution < -0.4 is 5.32 Å². The average molecular weight is 266 g/mol. The zero-order valence-corrected chi connectivity index (χ0v) is 8.67. The van der Waals surface area contributed by atoms with Gasteiger partial charge in [-0.2, -0.15) is 8.78 Å². The third-order valence-electron chi connectivity index (χ3n) is 2.20. The van der Waals surface area contributed by atoms with Crippen LogP contribution in [0, 0.1) is 5.82 Å². The maximum Gasteiger partial charge on any atom is 0.285 e.